The Balaban J connectivity index is 1.66. The first kappa shape index (κ1) is 15.8. The van der Waals surface area contributed by atoms with Crippen LogP contribution in [0.1, 0.15) is 29.2 Å². The number of fused-ring (bicyclic) bond motifs is 1. The van der Waals surface area contributed by atoms with Crippen LogP contribution < -0.4 is 16.4 Å². The van der Waals surface area contributed by atoms with Gasteiger partial charge in [0, 0.05) is 18.0 Å². The summed E-state index contributed by atoms with van der Waals surface area (Å²) >= 11 is 0. The SMILES string of the molecule is COC(=N)c1cnc(NC(=O)NC2CCc3ccccc32)cc1N. The first-order valence-corrected chi connectivity index (χ1v) is 7.62. The van der Waals surface area contributed by atoms with Crippen molar-refractivity contribution in [3.8, 4) is 0 Å². The molecule has 7 heteroatoms. The van der Waals surface area contributed by atoms with Crippen molar-refractivity contribution < 1.29 is 9.53 Å². The summed E-state index contributed by atoms with van der Waals surface area (Å²) in [6.45, 7) is 0. The second-order valence-electron chi connectivity index (χ2n) is 5.58. The number of hydrogen-bond acceptors (Lipinski definition) is 5. The summed E-state index contributed by atoms with van der Waals surface area (Å²) in [6, 6.07) is 9.27. The van der Waals surface area contributed by atoms with E-state index >= 15 is 0 Å². The van der Waals surface area contributed by atoms with Crippen LogP contribution in [-0.4, -0.2) is 24.0 Å². The predicted octanol–water partition coefficient (Wildman–Crippen LogP) is 2.44. The first-order valence-electron chi connectivity index (χ1n) is 7.62. The third-order valence-corrected chi connectivity index (χ3v) is 4.06. The monoisotopic (exact) mass is 325 g/mol. The number of aryl methyl sites for hydroxylation is 1. The lowest BCUT2D eigenvalue weighted by Gasteiger charge is -2.15. The molecule has 0 spiro atoms. The zero-order valence-electron chi connectivity index (χ0n) is 13.3. The van der Waals surface area contributed by atoms with Crippen molar-refractivity contribution in [2.75, 3.05) is 18.2 Å². The first-order chi connectivity index (χ1) is 11.6. The van der Waals surface area contributed by atoms with Crippen LogP contribution in [0.15, 0.2) is 36.5 Å². The van der Waals surface area contributed by atoms with Gasteiger partial charge in [-0.1, -0.05) is 24.3 Å². The minimum Gasteiger partial charge on any atom is -0.481 e. The molecule has 0 saturated carbocycles. The van der Waals surface area contributed by atoms with Crippen LogP contribution in [-0.2, 0) is 11.2 Å². The van der Waals surface area contributed by atoms with Crippen molar-refractivity contribution in [3.05, 3.63) is 53.2 Å². The summed E-state index contributed by atoms with van der Waals surface area (Å²) in [5.74, 6) is 0.252. The Morgan fingerprint density at radius 1 is 1.42 bits per heavy atom. The molecule has 0 saturated heterocycles. The van der Waals surface area contributed by atoms with Crippen molar-refractivity contribution in [1.82, 2.24) is 10.3 Å². The number of carbonyl (C=O) groups excluding carboxylic acids is 1. The summed E-state index contributed by atoms with van der Waals surface area (Å²) in [5, 5.41) is 13.2. The molecule has 0 bridgehead atoms. The second-order valence-corrected chi connectivity index (χ2v) is 5.58. The van der Waals surface area contributed by atoms with Crippen molar-refractivity contribution in [1.29, 1.82) is 5.41 Å². The molecule has 1 aromatic carbocycles. The van der Waals surface area contributed by atoms with Crippen LogP contribution >= 0.6 is 0 Å². The number of hydrogen-bond donors (Lipinski definition) is 4. The summed E-state index contributed by atoms with van der Waals surface area (Å²) in [6.07, 6.45) is 3.24. The highest BCUT2D eigenvalue weighted by atomic mass is 16.5. The number of carbonyl (C=O) groups is 1. The molecular weight excluding hydrogens is 306 g/mol. The number of urea groups is 1. The fourth-order valence-corrected chi connectivity index (χ4v) is 2.86. The zero-order valence-corrected chi connectivity index (χ0v) is 13.3. The molecule has 1 aliphatic carbocycles. The lowest BCUT2D eigenvalue weighted by Crippen LogP contribution is -2.31. The fraction of sp³-hybridized carbons (Fsp3) is 0.235. The smallest absolute Gasteiger partial charge is 0.320 e. The molecule has 24 heavy (non-hydrogen) atoms. The molecule has 0 fully saturated rings. The lowest BCUT2D eigenvalue weighted by atomic mass is 10.1. The highest BCUT2D eigenvalue weighted by Crippen LogP contribution is 2.30. The zero-order chi connectivity index (χ0) is 17.1. The topological polar surface area (TPSA) is 113 Å². The van der Waals surface area contributed by atoms with Gasteiger partial charge in [-0.05, 0) is 24.0 Å². The van der Waals surface area contributed by atoms with Gasteiger partial charge >= 0.3 is 6.03 Å². The van der Waals surface area contributed by atoms with E-state index < -0.39 is 0 Å². The highest BCUT2D eigenvalue weighted by Gasteiger charge is 2.23. The molecule has 1 atom stereocenters. The number of rotatable bonds is 3. The molecule has 0 aliphatic heterocycles. The van der Waals surface area contributed by atoms with Gasteiger partial charge in [0.05, 0.1) is 18.7 Å². The summed E-state index contributed by atoms with van der Waals surface area (Å²) in [4.78, 5) is 16.3. The number of benzene rings is 1. The average Bonchev–Trinajstić information content (AvgIpc) is 2.97. The van der Waals surface area contributed by atoms with Crippen LogP contribution in [0.5, 0.6) is 0 Å². The van der Waals surface area contributed by atoms with Gasteiger partial charge in [-0.15, -0.1) is 0 Å². The molecule has 1 aliphatic rings. The van der Waals surface area contributed by atoms with E-state index in [4.69, 9.17) is 15.9 Å². The summed E-state index contributed by atoms with van der Waals surface area (Å²) in [5.41, 5.74) is 9.00. The predicted molar refractivity (Wildman–Crippen MR) is 92.1 cm³/mol. The Kier molecular flexibility index (Phi) is 4.33. The number of ether oxygens (including phenoxy) is 1. The summed E-state index contributed by atoms with van der Waals surface area (Å²) in [7, 11) is 1.39. The van der Waals surface area contributed by atoms with Crippen LogP contribution in [0.2, 0.25) is 0 Å². The third kappa shape index (κ3) is 3.15. The number of anilines is 2. The van der Waals surface area contributed by atoms with E-state index in [0.717, 1.165) is 18.4 Å². The van der Waals surface area contributed by atoms with E-state index in [1.807, 2.05) is 18.2 Å². The number of nitrogens with zero attached hydrogens (tertiary/aromatic N) is 1. The van der Waals surface area contributed by atoms with E-state index in [1.165, 1.54) is 24.9 Å². The Hall–Kier alpha value is -3.09. The van der Waals surface area contributed by atoms with Gasteiger partial charge in [-0.3, -0.25) is 10.7 Å². The lowest BCUT2D eigenvalue weighted by molar-refractivity contribution is 0.248. The van der Waals surface area contributed by atoms with Crippen LogP contribution in [0, 0.1) is 5.41 Å². The van der Waals surface area contributed by atoms with Gasteiger partial charge in [0.2, 0.25) is 5.90 Å². The number of nitrogen functional groups attached to an aromatic ring is 1. The summed E-state index contributed by atoms with van der Waals surface area (Å²) < 4.78 is 4.82. The molecule has 0 radical (unpaired) electrons. The number of aromatic nitrogens is 1. The Labute approximate surface area is 139 Å². The standard InChI is InChI=1S/C17H19N5O2/c1-24-16(19)12-9-20-15(8-13(12)18)22-17(23)21-14-7-6-10-4-2-3-5-11(10)14/h2-5,8-9,14,19H,6-7H2,1H3,(H4,18,20,21,22,23). The van der Waals surface area contributed by atoms with Gasteiger partial charge in [-0.2, -0.15) is 0 Å². The molecule has 5 N–H and O–H groups in total. The molecule has 1 heterocycles. The molecular formula is C17H19N5O2. The maximum Gasteiger partial charge on any atom is 0.320 e. The number of nitrogens with two attached hydrogens (primary N) is 1. The quantitative estimate of drug-likeness (QED) is 0.513. The van der Waals surface area contributed by atoms with Crippen LogP contribution in [0.25, 0.3) is 0 Å². The van der Waals surface area contributed by atoms with Gasteiger partial charge in [-0.25, -0.2) is 9.78 Å². The molecule has 124 valence electrons. The minimum atomic E-state index is -0.335. The second kappa shape index (κ2) is 6.57. The van der Waals surface area contributed by atoms with Crippen molar-refractivity contribution >= 4 is 23.4 Å². The van der Waals surface area contributed by atoms with Crippen LogP contribution in [0.3, 0.4) is 0 Å². The highest BCUT2D eigenvalue weighted by molar-refractivity contribution is 5.97. The van der Waals surface area contributed by atoms with E-state index in [-0.39, 0.29) is 18.0 Å². The van der Waals surface area contributed by atoms with Crippen molar-refractivity contribution in [3.63, 3.8) is 0 Å². The molecule has 2 aromatic rings. The van der Waals surface area contributed by atoms with Gasteiger partial charge < -0.3 is 15.8 Å². The maximum absolute atomic E-state index is 12.2. The van der Waals surface area contributed by atoms with Gasteiger partial charge in [0.25, 0.3) is 0 Å². The Bertz CT molecular complexity index is 790. The molecule has 7 nitrogen and oxygen atoms in total. The molecule has 2 amide bonds. The average molecular weight is 325 g/mol. The number of nitrogens with one attached hydrogen (secondary N) is 3. The number of amides is 2. The molecule has 1 unspecified atom stereocenters. The van der Waals surface area contributed by atoms with Gasteiger partial charge in [0.15, 0.2) is 0 Å². The molecule has 3 rings (SSSR count). The van der Waals surface area contributed by atoms with Crippen molar-refractivity contribution in [2.24, 2.45) is 0 Å². The van der Waals surface area contributed by atoms with Crippen molar-refractivity contribution in [2.45, 2.75) is 18.9 Å². The maximum atomic E-state index is 12.2. The largest absolute Gasteiger partial charge is 0.481 e. The van der Waals surface area contributed by atoms with E-state index in [1.54, 1.807) is 0 Å². The normalized spacial score (nSPS) is 15.5. The van der Waals surface area contributed by atoms with Gasteiger partial charge in [0.1, 0.15) is 5.82 Å². The van der Waals surface area contributed by atoms with E-state index in [9.17, 15) is 4.79 Å². The Morgan fingerprint density at radius 3 is 2.96 bits per heavy atom. The van der Waals surface area contributed by atoms with E-state index in [0.29, 0.717) is 17.1 Å². The Morgan fingerprint density at radius 2 is 2.21 bits per heavy atom. The minimum absolute atomic E-state index is 0.000473. The number of methoxy groups -OCH3 is 1. The number of pyridine rings is 1. The molecule has 1 aromatic heterocycles. The van der Waals surface area contributed by atoms with Crippen LogP contribution in [0.4, 0.5) is 16.3 Å². The van der Waals surface area contributed by atoms with E-state index in [2.05, 4.69) is 21.7 Å². The fourth-order valence-electron chi connectivity index (χ4n) is 2.86. The third-order valence-electron chi connectivity index (χ3n) is 4.06.